The number of rotatable bonds is 10. The van der Waals surface area contributed by atoms with Crippen LogP contribution in [0.15, 0.2) is 84.9 Å². The maximum absolute atomic E-state index is 12.8. The highest BCUT2D eigenvalue weighted by Gasteiger charge is 2.30. The Kier molecular flexibility index (Phi) is 8.96. The van der Waals surface area contributed by atoms with Crippen LogP contribution in [0.3, 0.4) is 0 Å². The first kappa shape index (κ1) is 25.9. The number of alkyl halides is 3. The molecule has 0 saturated carbocycles. The topological polar surface area (TPSA) is 34.1 Å². The van der Waals surface area contributed by atoms with Gasteiger partial charge in [0.15, 0.2) is 0 Å². The van der Waals surface area contributed by atoms with E-state index < -0.39 is 11.7 Å². The van der Waals surface area contributed by atoms with Gasteiger partial charge in [-0.1, -0.05) is 90.5 Å². The summed E-state index contributed by atoms with van der Waals surface area (Å²) in [6, 6.07) is 20.3. The molecule has 0 bridgehead atoms. The Labute approximate surface area is 203 Å². The van der Waals surface area contributed by atoms with Crippen molar-refractivity contribution in [3.05, 3.63) is 118 Å². The third-order valence-electron chi connectivity index (χ3n) is 5.46. The molecule has 0 unspecified atom stereocenters. The fourth-order valence-corrected chi connectivity index (χ4v) is 3.72. The van der Waals surface area contributed by atoms with Gasteiger partial charge in [-0.3, -0.25) is 9.59 Å². The van der Waals surface area contributed by atoms with Gasteiger partial charge in [-0.15, -0.1) is 0 Å². The fourth-order valence-electron chi connectivity index (χ4n) is 3.72. The molecule has 5 heteroatoms. The van der Waals surface area contributed by atoms with E-state index in [0.29, 0.717) is 12.0 Å². The van der Waals surface area contributed by atoms with Crippen LogP contribution in [0.4, 0.5) is 13.2 Å². The Morgan fingerprint density at radius 3 is 1.74 bits per heavy atom. The molecule has 0 spiro atoms. The van der Waals surface area contributed by atoms with Gasteiger partial charge < -0.3 is 0 Å². The average molecular weight is 477 g/mol. The predicted molar refractivity (Wildman–Crippen MR) is 134 cm³/mol. The molecule has 0 saturated heterocycles. The zero-order valence-corrected chi connectivity index (χ0v) is 19.5. The number of halogens is 3. The van der Waals surface area contributed by atoms with Crippen LogP contribution in [0.2, 0.25) is 0 Å². The van der Waals surface area contributed by atoms with E-state index in [2.05, 4.69) is 0 Å². The van der Waals surface area contributed by atoms with Gasteiger partial charge in [-0.05, 0) is 41.3 Å². The van der Waals surface area contributed by atoms with Gasteiger partial charge in [0.2, 0.25) is 0 Å². The van der Waals surface area contributed by atoms with Gasteiger partial charge in [0, 0.05) is 25.7 Å². The molecule has 0 heterocycles. The molecule has 3 rings (SSSR count). The van der Waals surface area contributed by atoms with Crippen molar-refractivity contribution in [2.75, 3.05) is 0 Å². The smallest absolute Gasteiger partial charge is 0.299 e. The zero-order chi connectivity index (χ0) is 25.3. The first-order valence-electron chi connectivity index (χ1n) is 11.4. The Bertz CT molecular complexity index is 1240. The molecule has 0 fully saturated rings. The lowest BCUT2D eigenvalue weighted by atomic mass is 9.96. The van der Waals surface area contributed by atoms with Crippen LogP contribution in [0.25, 0.3) is 12.2 Å². The monoisotopic (exact) mass is 476 g/mol. The highest BCUT2D eigenvalue weighted by Crippen LogP contribution is 2.29. The van der Waals surface area contributed by atoms with Crippen LogP contribution >= 0.6 is 0 Å². The maximum Gasteiger partial charge on any atom is 0.416 e. The van der Waals surface area contributed by atoms with Crippen LogP contribution in [-0.2, 0) is 28.6 Å². The average Bonchev–Trinajstić information content (AvgIpc) is 2.80. The van der Waals surface area contributed by atoms with E-state index in [1.54, 1.807) is 12.1 Å². The molecule has 0 aliphatic carbocycles. The number of benzene rings is 3. The maximum atomic E-state index is 12.8. The largest absolute Gasteiger partial charge is 0.416 e. The van der Waals surface area contributed by atoms with Crippen molar-refractivity contribution in [3.8, 4) is 0 Å². The number of allylic oxidation sites excluding steroid dienone is 2. The van der Waals surface area contributed by atoms with Gasteiger partial charge >= 0.3 is 6.18 Å². The molecule has 0 amide bonds. The van der Waals surface area contributed by atoms with Gasteiger partial charge in [-0.25, -0.2) is 0 Å². The molecule has 0 aliphatic heterocycles. The van der Waals surface area contributed by atoms with Gasteiger partial charge in [0.1, 0.15) is 11.6 Å². The van der Waals surface area contributed by atoms with Gasteiger partial charge in [0.05, 0.1) is 5.56 Å². The van der Waals surface area contributed by atoms with Crippen molar-refractivity contribution in [2.24, 2.45) is 0 Å². The molecule has 3 aromatic carbocycles. The molecule has 0 radical (unpaired) electrons. The molecular formula is C30H27F3O2. The quantitative estimate of drug-likeness (QED) is 0.305. The lowest BCUT2D eigenvalue weighted by molar-refractivity contribution is -0.137. The summed E-state index contributed by atoms with van der Waals surface area (Å²) in [6.45, 7) is 2.02. The van der Waals surface area contributed by atoms with Crippen molar-refractivity contribution in [1.82, 2.24) is 0 Å². The van der Waals surface area contributed by atoms with Crippen LogP contribution in [0, 0.1) is 6.92 Å². The van der Waals surface area contributed by atoms with Crippen molar-refractivity contribution in [2.45, 2.75) is 38.8 Å². The van der Waals surface area contributed by atoms with Crippen molar-refractivity contribution in [1.29, 1.82) is 0 Å². The number of aryl methyl sites for hydroxylation is 1. The minimum absolute atomic E-state index is 0.0539. The highest BCUT2D eigenvalue weighted by atomic mass is 19.4. The number of Topliss-reactive ketones (excluding diaryl/α,β-unsaturated/α-hetero) is 2. The number of hydrogen-bond donors (Lipinski definition) is 0. The van der Waals surface area contributed by atoms with E-state index in [1.807, 2.05) is 67.6 Å². The summed E-state index contributed by atoms with van der Waals surface area (Å²) in [4.78, 5) is 25.0. The summed E-state index contributed by atoms with van der Waals surface area (Å²) < 4.78 is 38.5. The van der Waals surface area contributed by atoms with Crippen LogP contribution < -0.4 is 0 Å². The first-order valence-corrected chi connectivity index (χ1v) is 11.4. The predicted octanol–water partition coefficient (Wildman–Crippen LogP) is 7.44. The Morgan fingerprint density at radius 1 is 0.714 bits per heavy atom. The van der Waals surface area contributed by atoms with Gasteiger partial charge in [-0.2, -0.15) is 13.2 Å². The number of carbonyl (C=O) groups excluding carboxylic acids is 2. The second-order valence-electron chi connectivity index (χ2n) is 8.45. The molecule has 0 atom stereocenters. The third kappa shape index (κ3) is 8.53. The van der Waals surface area contributed by atoms with E-state index in [0.717, 1.165) is 34.4 Å². The van der Waals surface area contributed by atoms with Crippen molar-refractivity contribution >= 4 is 23.7 Å². The Morgan fingerprint density at radius 2 is 1.23 bits per heavy atom. The van der Waals surface area contributed by atoms with Crippen LogP contribution in [-0.4, -0.2) is 11.6 Å². The third-order valence-corrected chi connectivity index (χ3v) is 5.46. The summed E-state index contributed by atoms with van der Waals surface area (Å²) in [5, 5.41) is 0. The summed E-state index contributed by atoms with van der Waals surface area (Å²) in [7, 11) is 0. The standard InChI is InChI=1S/C30H27F3O2/c1-22-8-4-9-23(18-22)11-6-16-28(34)20-25-13-2-3-14-26(25)21-29(35)17-7-12-24-10-5-15-27(19-24)30(31,32)33/h2-15,18-19H,16-17,20-21H2,1H3/b11-6+,12-7+. The highest BCUT2D eigenvalue weighted by molar-refractivity contribution is 5.86. The van der Waals surface area contributed by atoms with Crippen LogP contribution in [0.5, 0.6) is 0 Å². The molecule has 2 nitrogen and oxygen atoms in total. The number of carbonyl (C=O) groups is 2. The van der Waals surface area contributed by atoms with Crippen molar-refractivity contribution in [3.63, 3.8) is 0 Å². The second kappa shape index (κ2) is 12.1. The van der Waals surface area contributed by atoms with E-state index in [4.69, 9.17) is 0 Å². The van der Waals surface area contributed by atoms with Gasteiger partial charge in [0.25, 0.3) is 0 Å². The lowest BCUT2D eigenvalue weighted by Crippen LogP contribution is -2.08. The minimum atomic E-state index is -4.41. The van der Waals surface area contributed by atoms with E-state index in [9.17, 15) is 22.8 Å². The first-order chi connectivity index (χ1) is 16.7. The lowest BCUT2D eigenvalue weighted by Gasteiger charge is -2.08. The second-order valence-corrected chi connectivity index (χ2v) is 8.45. The fraction of sp³-hybridized carbons (Fsp3) is 0.200. The normalized spacial score (nSPS) is 11.9. The minimum Gasteiger partial charge on any atom is -0.299 e. The molecule has 180 valence electrons. The zero-order valence-electron chi connectivity index (χ0n) is 19.5. The summed E-state index contributed by atoms with van der Waals surface area (Å²) in [6.07, 6.45) is 3.26. The number of ketones is 2. The molecule has 3 aromatic rings. The van der Waals surface area contributed by atoms with E-state index >= 15 is 0 Å². The Hall–Kier alpha value is -3.73. The Balaban J connectivity index is 1.55. The summed E-state index contributed by atoms with van der Waals surface area (Å²) in [5.41, 5.74) is 3.47. The van der Waals surface area contributed by atoms with E-state index in [-0.39, 0.29) is 30.8 Å². The summed E-state index contributed by atoms with van der Waals surface area (Å²) in [5.74, 6) is -0.0225. The molecule has 0 N–H and O–H groups in total. The SMILES string of the molecule is Cc1cccc(/C=C/CC(=O)Cc2ccccc2CC(=O)C/C=C/c2cccc(C(F)(F)F)c2)c1. The molecule has 35 heavy (non-hydrogen) atoms. The summed E-state index contributed by atoms with van der Waals surface area (Å²) >= 11 is 0. The van der Waals surface area contributed by atoms with Crippen molar-refractivity contribution < 1.29 is 22.8 Å². The van der Waals surface area contributed by atoms with Crippen LogP contribution in [0.1, 0.15) is 46.2 Å². The number of hydrogen-bond acceptors (Lipinski definition) is 2. The van der Waals surface area contributed by atoms with E-state index in [1.165, 1.54) is 12.1 Å². The molecule has 0 aliphatic rings. The molecular weight excluding hydrogens is 449 g/mol. The molecule has 0 aromatic heterocycles.